The Kier molecular flexibility index (Phi) is 51.4. The molecule has 0 saturated heterocycles. The second-order valence-electron chi connectivity index (χ2n) is 18.1. The minimum atomic E-state index is -0.541. The summed E-state index contributed by atoms with van der Waals surface area (Å²) in [7, 11) is 0. The summed E-state index contributed by atoms with van der Waals surface area (Å²) in [6.45, 7) is 7.72. The van der Waals surface area contributed by atoms with Crippen molar-refractivity contribution in [1.29, 1.82) is 0 Å². The molecule has 0 aromatic heterocycles. The zero-order chi connectivity index (χ0) is 44.9. The van der Waals surface area contributed by atoms with E-state index in [0.29, 0.717) is 19.4 Å². The molecule has 0 aliphatic rings. The van der Waals surface area contributed by atoms with Gasteiger partial charge < -0.3 is 14.2 Å². The van der Waals surface area contributed by atoms with Crippen molar-refractivity contribution in [2.24, 2.45) is 0 Å². The molecule has 0 saturated carbocycles. The summed E-state index contributed by atoms with van der Waals surface area (Å²) in [5, 5.41) is 0. The monoisotopic (exact) mass is 869 g/mol. The fraction of sp³-hybridized carbons (Fsp3) is 0.825. The summed E-state index contributed by atoms with van der Waals surface area (Å²) in [5.74, 6) is -0.398. The van der Waals surface area contributed by atoms with E-state index >= 15 is 0 Å². The molecule has 5 nitrogen and oxygen atoms in total. The Hall–Kier alpha value is -2.14. The third kappa shape index (κ3) is 50.5. The fourth-order valence-electron chi connectivity index (χ4n) is 7.81. The molecule has 5 heteroatoms. The third-order valence-electron chi connectivity index (χ3n) is 11.8. The summed E-state index contributed by atoms with van der Waals surface area (Å²) < 4.78 is 17.4. The minimum absolute atomic E-state index is 0.0826. The van der Waals surface area contributed by atoms with Crippen LogP contribution < -0.4 is 0 Å². The van der Waals surface area contributed by atoms with Crippen LogP contribution in [0, 0.1) is 0 Å². The normalized spacial score (nSPS) is 12.5. The standard InChI is InChI=1S/C57H104O5/c1-4-7-10-13-16-19-22-25-27-28-29-31-34-37-40-43-46-49-52-60-53-55(62-57(59)51-48-45-42-39-36-32-24-21-18-15-12-9-6-3)54-61-56(58)50-47-44-41-38-35-33-30-26-23-20-17-14-11-8-5-2/h7,10,16,19,21,24-25,27,55H,4-6,8-9,11-15,17-18,20,22-23,26,28-54H2,1-3H3/b10-7-,19-16-,24-21-,27-25-. The van der Waals surface area contributed by atoms with Crippen LogP contribution in [0.15, 0.2) is 48.6 Å². The zero-order valence-electron chi connectivity index (χ0n) is 41.6. The van der Waals surface area contributed by atoms with Crippen LogP contribution >= 0.6 is 0 Å². The molecule has 0 bridgehead atoms. The topological polar surface area (TPSA) is 61.8 Å². The molecular formula is C57H104O5. The van der Waals surface area contributed by atoms with E-state index in [1.54, 1.807) is 0 Å². The molecule has 0 aliphatic heterocycles. The van der Waals surface area contributed by atoms with E-state index in [1.807, 2.05) is 0 Å². The number of unbranched alkanes of at least 4 members (excludes halogenated alkanes) is 31. The molecule has 0 spiro atoms. The smallest absolute Gasteiger partial charge is 0.306 e. The lowest BCUT2D eigenvalue weighted by atomic mass is 10.0. The Morgan fingerprint density at radius 3 is 1.19 bits per heavy atom. The fourth-order valence-corrected chi connectivity index (χ4v) is 7.81. The van der Waals surface area contributed by atoms with Crippen LogP contribution in [0.5, 0.6) is 0 Å². The van der Waals surface area contributed by atoms with Gasteiger partial charge in [0.25, 0.3) is 0 Å². The summed E-state index contributed by atoms with van der Waals surface area (Å²) in [6.07, 6.45) is 65.5. The Labute approximate surface area is 386 Å². The van der Waals surface area contributed by atoms with E-state index in [-0.39, 0.29) is 25.2 Å². The van der Waals surface area contributed by atoms with Gasteiger partial charge in [0.1, 0.15) is 6.61 Å². The summed E-state index contributed by atoms with van der Waals surface area (Å²) >= 11 is 0. The highest BCUT2D eigenvalue weighted by Crippen LogP contribution is 2.16. The van der Waals surface area contributed by atoms with Gasteiger partial charge in [0.2, 0.25) is 0 Å². The van der Waals surface area contributed by atoms with Gasteiger partial charge in [0.15, 0.2) is 6.10 Å². The Bertz CT molecular complexity index is 1030. The first-order valence-electron chi connectivity index (χ1n) is 27.2. The lowest BCUT2D eigenvalue weighted by Gasteiger charge is -2.18. The molecule has 0 aliphatic carbocycles. The maximum atomic E-state index is 12.8. The van der Waals surface area contributed by atoms with Crippen LogP contribution in [-0.4, -0.2) is 37.9 Å². The van der Waals surface area contributed by atoms with Crippen LogP contribution in [0.25, 0.3) is 0 Å². The van der Waals surface area contributed by atoms with Gasteiger partial charge in [-0.1, -0.05) is 236 Å². The molecule has 62 heavy (non-hydrogen) atoms. The predicted octanol–water partition coefficient (Wildman–Crippen LogP) is 18.3. The first kappa shape index (κ1) is 59.9. The number of esters is 2. The summed E-state index contributed by atoms with van der Waals surface area (Å²) in [6, 6.07) is 0. The molecule has 0 N–H and O–H groups in total. The van der Waals surface area contributed by atoms with E-state index in [1.165, 1.54) is 173 Å². The van der Waals surface area contributed by atoms with Crippen molar-refractivity contribution in [2.45, 2.75) is 284 Å². The number of hydrogen-bond donors (Lipinski definition) is 0. The maximum absolute atomic E-state index is 12.8. The highest BCUT2D eigenvalue weighted by molar-refractivity contribution is 5.70. The largest absolute Gasteiger partial charge is 0.462 e. The minimum Gasteiger partial charge on any atom is -0.462 e. The van der Waals surface area contributed by atoms with Gasteiger partial charge >= 0.3 is 11.9 Å². The number of carbonyl (C=O) groups is 2. The van der Waals surface area contributed by atoms with Gasteiger partial charge in [-0.3, -0.25) is 9.59 Å². The van der Waals surface area contributed by atoms with E-state index < -0.39 is 6.10 Å². The molecule has 0 amide bonds. The molecule has 362 valence electrons. The molecule has 1 atom stereocenters. The second-order valence-corrected chi connectivity index (χ2v) is 18.1. The van der Waals surface area contributed by atoms with E-state index in [0.717, 1.165) is 70.6 Å². The second kappa shape index (κ2) is 53.2. The average molecular weight is 869 g/mol. The van der Waals surface area contributed by atoms with Crippen molar-refractivity contribution >= 4 is 11.9 Å². The average Bonchev–Trinajstić information content (AvgIpc) is 3.27. The number of rotatable bonds is 50. The Morgan fingerprint density at radius 2 is 0.726 bits per heavy atom. The molecule has 0 fully saturated rings. The summed E-state index contributed by atoms with van der Waals surface area (Å²) in [5.41, 5.74) is 0. The molecule has 1 unspecified atom stereocenters. The van der Waals surface area contributed by atoms with Crippen LogP contribution in [0.2, 0.25) is 0 Å². The maximum Gasteiger partial charge on any atom is 0.306 e. The van der Waals surface area contributed by atoms with Gasteiger partial charge in [-0.05, 0) is 77.0 Å². The lowest BCUT2D eigenvalue weighted by molar-refractivity contribution is -0.163. The lowest BCUT2D eigenvalue weighted by Crippen LogP contribution is -2.30. The van der Waals surface area contributed by atoms with Gasteiger partial charge in [-0.25, -0.2) is 0 Å². The molecular weight excluding hydrogens is 765 g/mol. The third-order valence-corrected chi connectivity index (χ3v) is 11.8. The predicted molar refractivity (Wildman–Crippen MR) is 270 cm³/mol. The molecule has 0 radical (unpaired) electrons. The van der Waals surface area contributed by atoms with Crippen molar-refractivity contribution in [1.82, 2.24) is 0 Å². The van der Waals surface area contributed by atoms with Crippen molar-refractivity contribution < 1.29 is 23.8 Å². The first-order valence-corrected chi connectivity index (χ1v) is 27.2. The quantitative estimate of drug-likeness (QED) is 0.0346. The Morgan fingerprint density at radius 1 is 0.371 bits per heavy atom. The molecule has 0 aromatic rings. The van der Waals surface area contributed by atoms with E-state index in [9.17, 15) is 9.59 Å². The molecule has 0 heterocycles. The van der Waals surface area contributed by atoms with Crippen LogP contribution in [0.1, 0.15) is 278 Å². The first-order chi connectivity index (χ1) is 30.6. The molecule has 0 aromatic carbocycles. The van der Waals surface area contributed by atoms with E-state index in [2.05, 4.69) is 69.4 Å². The summed E-state index contributed by atoms with van der Waals surface area (Å²) in [4.78, 5) is 25.4. The zero-order valence-corrected chi connectivity index (χ0v) is 41.6. The van der Waals surface area contributed by atoms with Crippen molar-refractivity contribution in [2.75, 3.05) is 19.8 Å². The number of hydrogen-bond acceptors (Lipinski definition) is 5. The van der Waals surface area contributed by atoms with E-state index in [4.69, 9.17) is 14.2 Å². The van der Waals surface area contributed by atoms with Crippen LogP contribution in [0.4, 0.5) is 0 Å². The van der Waals surface area contributed by atoms with Gasteiger partial charge in [-0.15, -0.1) is 0 Å². The number of carbonyl (C=O) groups excluding carboxylic acids is 2. The van der Waals surface area contributed by atoms with Gasteiger partial charge in [-0.2, -0.15) is 0 Å². The molecule has 0 rings (SSSR count). The van der Waals surface area contributed by atoms with Crippen molar-refractivity contribution in [3.8, 4) is 0 Å². The van der Waals surface area contributed by atoms with Crippen molar-refractivity contribution in [3.63, 3.8) is 0 Å². The van der Waals surface area contributed by atoms with Gasteiger partial charge in [0.05, 0.1) is 6.61 Å². The highest BCUT2D eigenvalue weighted by atomic mass is 16.6. The Balaban J connectivity index is 4.25. The number of allylic oxidation sites excluding steroid dienone is 8. The van der Waals surface area contributed by atoms with Crippen LogP contribution in [0.3, 0.4) is 0 Å². The number of ether oxygens (including phenoxy) is 3. The van der Waals surface area contributed by atoms with Gasteiger partial charge in [0, 0.05) is 19.4 Å². The highest BCUT2D eigenvalue weighted by Gasteiger charge is 2.17. The SMILES string of the molecule is CC/C=C\C/C=C\C/C=C\CCCCCCCCCCOCC(COC(=O)CCCCCCCCCCCCCCCCC)OC(=O)CCCCCCC/C=C\CCCCCC. The van der Waals surface area contributed by atoms with Crippen LogP contribution in [-0.2, 0) is 23.8 Å². The van der Waals surface area contributed by atoms with Crippen molar-refractivity contribution in [3.05, 3.63) is 48.6 Å².